The molecule has 0 bridgehead atoms. The number of hydrogen-bond acceptors (Lipinski definition) is 4. The summed E-state index contributed by atoms with van der Waals surface area (Å²) < 4.78 is 26.9. The summed E-state index contributed by atoms with van der Waals surface area (Å²) in [6, 6.07) is 16.6. The molecule has 0 radical (unpaired) electrons. The summed E-state index contributed by atoms with van der Waals surface area (Å²) in [4.78, 5) is 12.6. The maximum absolute atomic E-state index is 12.7. The van der Waals surface area contributed by atoms with Crippen LogP contribution in [0.15, 0.2) is 70.7 Å². The molecule has 2 aromatic rings. The Morgan fingerprint density at radius 3 is 2.38 bits per heavy atom. The summed E-state index contributed by atoms with van der Waals surface area (Å²) in [7, 11) is -3.52. The zero-order valence-electron chi connectivity index (χ0n) is 16.4. The smallest absolute Gasteiger partial charge is 0.243 e. The summed E-state index contributed by atoms with van der Waals surface area (Å²) in [6.45, 7) is 2.57. The Labute approximate surface area is 172 Å². The van der Waals surface area contributed by atoms with Gasteiger partial charge in [-0.25, -0.2) is 13.8 Å². The highest BCUT2D eigenvalue weighted by atomic mass is 32.2. The number of piperidine rings is 1. The van der Waals surface area contributed by atoms with Crippen molar-refractivity contribution in [1.82, 2.24) is 9.73 Å². The average molecular weight is 412 g/mol. The van der Waals surface area contributed by atoms with Crippen LogP contribution < -0.4 is 5.43 Å². The van der Waals surface area contributed by atoms with Gasteiger partial charge in [-0.1, -0.05) is 54.1 Å². The first-order valence-electron chi connectivity index (χ1n) is 9.58. The van der Waals surface area contributed by atoms with Gasteiger partial charge in [-0.15, -0.1) is 0 Å². The largest absolute Gasteiger partial charge is 0.273 e. The normalized spacial score (nSPS) is 16.4. The molecule has 1 amide bonds. The van der Waals surface area contributed by atoms with Crippen molar-refractivity contribution in [1.29, 1.82) is 0 Å². The summed E-state index contributed by atoms with van der Waals surface area (Å²) in [5, 5.41) is 3.94. The third-order valence-electron chi connectivity index (χ3n) is 4.91. The SMILES string of the molecule is Cc1ccc(S(=O)(=O)N2CCC(C(=O)N/N=C/C=C/c3ccccc3)CC2)cc1. The third-order valence-corrected chi connectivity index (χ3v) is 6.82. The van der Waals surface area contributed by atoms with E-state index in [9.17, 15) is 13.2 Å². The minimum absolute atomic E-state index is 0.179. The Bertz CT molecular complexity index is 976. The van der Waals surface area contributed by atoms with E-state index in [1.165, 1.54) is 10.5 Å². The molecule has 0 aromatic heterocycles. The summed E-state index contributed by atoms with van der Waals surface area (Å²) in [5.41, 5.74) is 4.60. The predicted molar refractivity (Wildman–Crippen MR) is 115 cm³/mol. The van der Waals surface area contributed by atoms with Crippen molar-refractivity contribution in [2.45, 2.75) is 24.7 Å². The summed E-state index contributed by atoms with van der Waals surface area (Å²) in [6.07, 6.45) is 6.14. The lowest BCUT2D eigenvalue weighted by Crippen LogP contribution is -2.42. The molecule has 1 N–H and O–H groups in total. The molecule has 1 aliphatic rings. The van der Waals surface area contributed by atoms with Crippen molar-refractivity contribution < 1.29 is 13.2 Å². The van der Waals surface area contributed by atoms with Crippen LogP contribution in [-0.4, -0.2) is 37.9 Å². The van der Waals surface area contributed by atoms with Gasteiger partial charge in [0.15, 0.2) is 0 Å². The van der Waals surface area contributed by atoms with Crippen LogP contribution in [0, 0.1) is 12.8 Å². The molecule has 0 unspecified atom stereocenters. The molecule has 29 heavy (non-hydrogen) atoms. The zero-order chi connectivity index (χ0) is 20.7. The van der Waals surface area contributed by atoms with Gasteiger partial charge in [0.1, 0.15) is 0 Å². The monoisotopic (exact) mass is 411 g/mol. The molecule has 7 heteroatoms. The molecule has 1 heterocycles. The zero-order valence-corrected chi connectivity index (χ0v) is 17.2. The van der Waals surface area contributed by atoms with Crippen LogP contribution in [0.25, 0.3) is 6.08 Å². The van der Waals surface area contributed by atoms with Gasteiger partial charge in [0.25, 0.3) is 0 Å². The second kappa shape index (κ2) is 9.62. The molecular formula is C22H25N3O3S. The van der Waals surface area contributed by atoms with Gasteiger partial charge in [0, 0.05) is 25.2 Å². The van der Waals surface area contributed by atoms with Crippen LogP contribution in [-0.2, 0) is 14.8 Å². The number of allylic oxidation sites excluding steroid dienone is 1. The van der Waals surface area contributed by atoms with Crippen molar-refractivity contribution in [2.75, 3.05) is 13.1 Å². The van der Waals surface area contributed by atoms with Gasteiger partial charge in [-0.3, -0.25) is 4.79 Å². The van der Waals surface area contributed by atoms with Gasteiger partial charge in [-0.2, -0.15) is 9.41 Å². The van der Waals surface area contributed by atoms with Crippen LogP contribution >= 0.6 is 0 Å². The number of hydrazone groups is 1. The van der Waals surface area contributed by atoms with Crippen LogP contribution in [0.5, 0.6) is 0 Å². The van der Waals surface area contributed by atoms with E-state index in [1.807, 2.05) is 43.3 Å². The van der Waals surface area contributed by atoms with E-state index in [1.54, 1.807) is 30.3 Å². The highest BCUT2D eigenvalue weighted by Crippen LogP contribution is 2.24. The highest BCUT2D eigenvalue weighted by molar-refractivity contribution is 7.89. The van der Waals surface area contributed by atoms with E-state index in [0.717, 1.165) is 11.1 Å². The minimum Gasteiger partial charge on any atom is -0.273 e. The van der Waals surface area contributed by atoms with Crippen LogP contribution in [0.3, 0.4) is 0 Å². The molecule has 0 aliphatic carbocycles. The van der Waals surface area contributed by atoms with Crippen molar-refractivity contribution in [2.24, 2.45) is 11.0 Å². The number of carbonyl (C=O) groups is 1. The van der Waals surface area contributed by atoms with E-state index in [0.29, 0.717) is 30.8 Å². The number of nitrogens with zero attached hydrogens (tertiary/aromatic N) is 2. The molecule has 0 saturated carbocycles. The van der Waals surface area contributed by atoms with Gasteiger partial charge >= 0.3 is 0 Å². The second-order valence-corrected chi connectivity index (χ2v) is 8.95. The fourth-order valence-corrected chi connectivity index (χ4v) is 4.64. The Kier molecular flexibility index (Phi) is 6.95. The lowest BCUT2D eigenvalue weighted by Gasteiger charge is -2.30. The number of hydrogen-bond donors (Lipinski definition) is 1. The first-order valence-corrected chi connectivity index (χ1v) is 11.0. The molecule has 1 aliphatic heterocycles. The Balaban J connectivity index is 1.48. The van der Waals surface area contributed by atoms with Crippen LogP contribution in [0.1, 0.15) is 24.0 Å². The number of amides is 1. The topological polar surface area (TPSA) is 78.8 Å². The van der Waals surface area contributed by atoms with E-state index in [-0.39, 0.29) is 11.8 Å². The maximum Gasteiger partial charge on any atom is 0.243 e. The summed E-state index contributed by atoms with van der Waals surface area (Å²) >= 11 is 0. The Morgan fingerprint density at radius 2 is 1.72 bits per heavy atom. The lowest BCUT2D eigenvalue weighted by atomic mass is 9.98. The quantitative estimate of drug-likeness (QED) is 0.586. The summed E-state index contributed by atoms with van der Waals surface area (Å²) in [5.74, 6) is -0.420. The van der Waals surface area contributed by atoms with Crippen molar-refractivity contribution in [3.05, 3.63) is 71.8 Å². The van der Waals surface area contributed by atoms with Crippen molar-refractivity contribution in [3.63, 3.8) is 0 Å². The molecule has 1 fully saturated rings. The molecule has 0 spiro atoms. The van der Waals surface area contributed by atoms with Crippen LogP contribution in [0.2, 0.25) is 0 Å². The Hall–Kier alpha value is -2.77. The van der Waals surface area contributed by atoms with Crippen molar-refractivity contribution >= 4 is 28.2 Å². The number of rotatable bonds is 6. The second-order valence-electron chi connectivity index (χ2n) is 7.02. The molecule has 1 saturated heterocycles. The van der Waals surface area contributed by atoms with Crippen LogP contribution in [0.4, 0.5) is 0 Å². The van der Waals surface area contributed by atoms with E-state index < -0.39 is 10.0 Å². The van der Waals surface area contributed by atoms with E-state index >= 15 is 0 Å². The highest BCUT2D eigenvalue weighted by Gasteiger charge is 2.31. The molecular weight excluding hydrogens is 386 g/mol. The maximum atomic E-state index is 12.7. The van der Waals surface area contributed by atoms with Gasteiger partial charge in [-0.05, 0) is 43.5 Å². The van der Waals surface area contributed by atoms with Gasteiger partial charge in [0.2, 0.25) is 15.9 Å². The number of benzene rings is 2. The Morgan fingerprint density at radius 1 is 1.07 bits per heavy atom. The number of carbonyl (C=O) groups excluding carboxylic acids is 1. The minimum atomic E-state index is -3.52. The lowest BCUT2D eigenvalue weighted by molar-refractivity contribution is -0.126. The first-order chi connectivity index (χ1) is 14.0. The predicted octanol–water partition coefficient (Wildman–Crippen LogP) is 3.21. The number of sulfonamides is 1. The number of aryl methyl sites for hydroxylation is 1. The molecule has 6 nitrogen and oxygen atoms in total. The third kappa shape index (κ3) is 5.62. The van der Waals surface area contributed by atoms with Crippen molar-refractivity contribution in [3.8, 4) is 0 Å². The fourth-order valence-electron chi connectivity index (χ4n) is 3.17. The molecule has 0 atom stereocenters. The standard InChI is InChI=1S/C22H25N3O3S/c1-18-9-11-21(12-10-18)29(27,28)25-16-13-20(14-17-25)22(26)24-23-15-5-8-19-6-3-2-4-7-19/h2-12,15,20H,13-14,16-17H2,1H3,(H,24,26)/b8-5+,23-15+. The number of nitrogens with one attached hydrogen (secondary N) is 1. The van der Waals surface area contributed by atoms with Gasteiger partial charge < -0.3 is 0 Å². The first kappa shape index (κ1) is 21.0. The molecule has 2 aromatic carbocycles. The van der Waals surface area contributed by atoms with Gasteiger partial charge in [0.05, 0.1) is 4.90 Å². The molecule has 152 valence electrons. The average Bonchev–Trinajstić information content (AvgIpc) is 2.74. The van der Waals surface area contributed by atoms with E-state index in [2.05, 4.69) is 10.5 Å². The molecule has 3 rings (SSSR count). The van der Waals surface area contributed by atoms with E-state index in [4.69, 9.17) is 0 Å². The fraction of sp³-hybridized carbons (Fsp3) is 0.273.